The smallest absolute Gasteiger partial charge is 0.299 e. The average molecular weight is 513 g/mol. The molecule has 2 aromatic rings. The zero-order valence-electron chi connectivity index (χ0n) is 18.8. The van der Waals surface area contributed by atoms with Crippen molar-refractivity contribution in [1.82, 2.24) is 10.2 Å². The SMILES string of the molecule is O=C1NC(=NC2CCCCC2)C2(CCN(Cc3ccccc3Br)CC2)N1c1cccc(F)c1. The summed E-state index contributed by atoms with van der Waals surface area (Å²) >= 11 is 3.66. The van der Waals surface area contributed by atoms with Gasteiger partial charge in [-0.25, -0.2) is 9.18 Å². The second-order valence-corrected chi connectivity index (χ2v) is 10.3. The van der Waals surface area contributed by atoms with Crippen molar-refractivity contribution in [3.63, 3.8) is 0 Å². The predicted molar refractivity (Wildman–Crippen MR) is 133 cm³/mol. The number of urea groups is 1. The molecule has 0 bridgehead atoms. The third kappa shape index (κ3) is 4.58. The minimum atomic E-state index is -0.549. The summed E-state index contributed by atoms with van der Waals surface area (Å²) in [5, 5.41) is 3.09. The second-order valence-electron chi connectivity index (χ2n) is 9.41. The molecule has 0 aromatic heterocycles. The molecule has 5 nitrogen and oxygen atoms in total. The van der Waals surface area contributed by atoms with Crippen molar-refractivity contribution < 1.29 is 9.18 Å². The number of hydrogen-bond acceptors (Lipinski definition) is 3. The number of aliphatic imine (C=N–C) groups is 1. The summed E-state index contributed by atoms with van der Waals surface area (Å²) in [6.45, 7) is 2.53. The van der Waals surface area contributed by atoms with Crippen LogP contribution in [0.3, 0.4) is 0 Å². The highest BCUT2D eigenvalue weighted by molar-refractivity contribution is 9.10. The number of nitrogens with zero attached hydrogens (tertiary/aromatic N) is 3. The van der Waals surface area contributed by atoms with Gasteiger partial charge in [0.05, 0.1) is 6.04 Å². The molecule has 7 heteroatoms. The largest absolute Gasteiger partial charge is 0.328 e. The van der Waals surface area contributed by atoms with E-state index in [1.54, 1.807) is 11.0 Å². The Morgan fingerprint density at radius 2 is 1.82 bits per heavy atom. The number of amidine groups is 1. The summed E-state index contributed by atoms with van der Waals surface area (Å²) in [5.74, 6) is 0.448. The second kappa shape index (κ2) is 9.55. The Morgan fingerprint density at radius 1 is 1.06 bits per heavy atom. The van der Waals surface area contributed by atoms with E-state index in [1.807, 2.05) is 12.1 Å². The molecular weight excluding hydrogens is 483 g/mol. The maximum Gasteiger partial charge on any atom is 0.328 e. The monoisotopic (exact) mass is 512 g/mol. The summed E-state index contributed by atoms with van der Waals surface area (Å²) in [6, 6.07) is 14.7. The topological polar surface area (TPSA) is 47.9 Å². The van der Waals surface area contributed by atoms with Gasteiger partial charge in [0.1, 0.15) is 17.2 Å². The lowest BCUT2D eigenvalue weighted by Gasteiger charge is -2.44. The van der Waals surface area contributed by atoms with Gasteiger partial charge in [-0.1, -0.05) is 59.5 Å². The van der Waals surface area contributed by atoms with Crippen LogP contribution >= 0.6 is 15.9 Å². The molecular formula is C26H30BrFN4O. The van der Waals surface area contributed by atoms with Crippen molar-refractivity contribution in [3.05, 3.63) is 64.4 Å². The lowest BCUT2D eigenvalue weighted by atomic mass is 9.84. The Labute approximate surface area is 203 Å². The molecule has 0 unspecified atom stereocenters. The van der Waals surface area contributed by atoms with Gasteiger partial charge in [-0.2, -0.15) is 0 Å². The average Bonchev–Trinajstić information content (AvgIpc) is 3.08. The molecule has 1 spiro atoms. The fourth-order valence-electron chi connectivity index (χ4n) is 5.51. The molecule has 3 fully saturated rings. The molecule has 1 N–H and O–H groups in total. The third-order valence-corrected chi connectivity index (χ3v) is 8.06. The number of anilines is 1. The van der Waals surface area contributed by atoms with E-state index in [9.17, 15) is 9.18 Å². The van der Waals surface area contributed by atoms with E-state index in [0.29, 0.717) is 5.69 Å². The molecule has 2 aromatic carbocycles. The van der Waals surface area contributed by atoms with Crippen molar-refractivity contribution in [2.75, 3.05) is 18.0 Å². The number of halogens is 2. The number of carbonyl (C=O) groups excluding carboxylic acids is 1. The highest BCUT2D eigenvalue weighted by atomic mass is 79.9. The Morgan fingerprint density at radius 3 is 2.55 bits per heavy atom. The van der Waals surface area contributed by atoms with Crippen molar-refractivity contribution in [1.29, 1.82) is 0 Å². The van der Waals surface area contributed by atoms with Crippen LogP contribution in [0.2, 0.25) is 0 Å². The first-order valence-electron chi connectivity index (χ1n) is 12.0. The fraction of sp³-hybridized carbons (Fsp3) is 0.462. The maximum absolute atomic E-state index is 14.1. The number of amides is 2. The first kappa shape index (κ1) is 22.5. The molecule has 1 saturated carbocycles. The summed E-state index contributed by atoms with van der Waals surface area (Å²) < 4.78 is 15.2. The van der Waals surface area contributed by atoms with Crippen molar-refractivity contribution in [2.24, 2.45) is 4.99 Å². The number of piperidine rings is 1. The summed E-state index contributed by atoms with van der Waals surface area (Å²) in [4.78, 5) is 22.5. The Balaban J connectivity index is 1.44. The van der Waals surface area contributed by atoms with Crippen molar-refractivity contribution >= 4 is 33.5 Å². The van der Waals surface area contributed by atoms with Crippen molar-refractivity contribution in [2.45, 2.75) is 63.1 Å². The van der Waals surface area contributed by atoms with Crippen molar-refractivity contribution in [3.8, 4) is 0 Å². The van der Waals surface area contributed by atoms with Crippen LogP contribution < -0.4 is 10.2 Å². The van der Waals surface area contributed by atoms with Crippen LogP contribution in [-0.4, -0.2) is 41.4 Å². The van der Waals surface area contributed by atoms with Crippen LogP contribution in [0.15, 0.2) is 58.0 Å². The van der Waals surface area contributed by atoms with Gasteiger partial charge in [0, 0.05) is 29.8 Å². The molecule has 0 radical (unpaired) electrons. The third-order valence-electron chi connectivity index (χ3n) is 7.29. The molecule has 2 saturated heterocycles. The number of nitrogens with one attached hydrogen (secondary N) is 1. The Bertz CT molecular complexity index is 1040. The summed E-state index contributed by atoms with van der Waals surface area (Å²) in [6.07, 6.45) is 7.31. The first-order valence-corrected chi connectivity index (χ1v) is 12.8. The van der Waals surface area contributed by atoms with Gasteiger partial charge in [0.2, 0.25) is 0 Å². The lowest BCUT2D eigenvalue weighted by Crippen LogP contribution is -2.57. The standard InChI is InChI=1S/C26H30BrFN4O/c27-23-12-5-4-7-19(23)18-31-15-13-26(14-16-31)24(29-21-9-2-1-3-10-21)30-25(33)32(26)22-11-6-8-20(28)17-22/h4-8,11-12,17,21H,1-3,9-10,13-16,18H2,(H,29,30,33). The van der Waals surface area contributed by atoms with Gasteiger partial charge in [-0.05, 0) is 55.5 Å². The molecule has 0 atom stereocenters. The quantitative estimate of drug-likeness (QED) is 0.555. The van der Waals surface area contributed by atoms with Crippen LogP contribution in [0.1, 0.15) is 50.5 Å². The van der Waals surface area contributed by atoms with Gasteiger partial charge >= 0.3 is 6.03 Å². The van der Waals surface area contributed by atoms with Gasteiger partial charge in [0.25, 0.3) is 0 Å². The number of hydrogen-bond donors (Lipinski definition) is 1. The molecule has 1 aliphatic carbocycles. The first-order chi connectivity index (χ1) is 16.0. The molecule has 2 heterocycles. The number of likely N-dealkylation sites (tertiary alicyclic amines) is 1. The highest BCUT2D eigenvalue weighted by Gasteiger charge is 2.53. The van der Waals surface area contributed by atoms with Gasteiger partial charge in [-0.3, -0.25) is 20.1 Å². The zero-order valence-corrected chi connectivity index (χ0v) is 20.4. The van der Waals surface area contributed by atoms with E-state index in [0.717, 1.165) is 55.6 Å². The molecule has 3 aliphatic rings. The zero-order chi connectivity index (χ0) is 22.8. The molecule has 5 rings (SSSR count). The molecule has 174 valence electrons. The number of rotatable bonds is 4. The molecule has 2 amide bonds. The minimum Gasteiger partial charge on any atom is -0.299 e. The lowest BCUT2D eigenvalue weighted by molar-refractivity contribution is 0.184. The Hall–Kier alpha value is -2.25. The molecule has 33 heavy (non-hydrogen) atoms. The van der Waals surface area contributed by atoms with Crippen LogP contribution in [0, 0.1) is 5.82 Å². The van der Waals surface area contributed by atoms with Gasteiger partial charge in [-0.15, -0.1) is 0 Å². The van der Waals surface area contributed by atoms with Gasteiger partial charge in [0.15, 0.2) is 0 Å². The van der Waals surface area contributed by atoms with E-state index in [1.165, 1.54) is 37.0 Å². The van der Waals surface area contributed by atoms with E-state index in [2.05, 4.69) is 44.3 Å². The van der Waals surface area contributed by atoms with E-state index < -0.39 is 5.54 Å². The van der Waals surface area contributed by atoms with E-state index in [-0.39, 0.29) is 17.9 Å². The highest BCUT2D eigenvalue weighted by Crippen LogP contribution is 2.39. The predicted octanol–water partition coefficient (Wildman–Crippen LogP) is 5.88. The minimum absolute atomic E-state index is 0.200. The van der Waals surface area contributed by atoms with E-state index >= 15 is 0 Å². The summed E-state index contributed by atoms with van der Waals surface area (Å²) in [5.41, 5.74) is 1.31. The fourth-order valence-corrected chi connectivity index (χ4v) is 5.92. The van der Waals surface area contributed by atoms with Crippen LogP contribution in [0.25, 0.3) is 0 Å². The normalized spacial score (nSPS) is 22.8. The Kier molecular flexibility index (Phi) is 6.52. The summed E-state index contributed by atoms with van der Waals surface area (Å²) in [7, 11) is 0. The van der Waals surface area contributed by atoms with E-state index in [4.69, 9.17) is 4.99 Å². The number of benzene rings is 2. The maximum atomic E-state index is 14.1. The van der Waals surface area contributed by atoms with Crippen LogP contribution in [-0.2, 0) is 6.54 Å². The van der Waals surface area contributed by atoms with Crippen LogP contribution in [0.4, 0.5) is 14.9 Å². The van der Waals surface area contributed by atoms with Gasteiger partial charge < -0.3 is 0 Å². The number of carbonyl (C=O) groups is 1. The molecule has 2 aliphatic heterocycles. The van der Waals surface area contributed by atoms with Crippen LogP contribution in [0.5, 0.6) is 0 Å².